The first-order valence-corrected chi connectivity index (χ1v) is 7.52. The lowest BCUT2D eigenvalue weighted by Gasteiger charge is -2.06. The van der Waals surface area contributed by atoms with Crippen LogP contribution in [-0.2, 0) is 0 Å². The number of Topliss-reactive ketones (excluding diaryl/α,β-unsaturated/α-hetero) is 1. The zero-order chi connectivity index (χ0) is 14.7. The topological polar surface area (TPSA) is 17.1 Å². The predicted octanol–water partition coefficient (Wildman–Crippen LogP) is 5.07. The Bertz CT molecular complexity index is 614. The highest BCUT2D eigenvalue weighted by atomic mass is 35.5. The van der Waals surface area contributed by atoms with Gasteiger partial charge in [-0.05, 0) is 61.4 Å². The van der Waals surface area contributed by atoms with Crippen LogP contribution in [0.2, 0.25) is 5.02 Å². The smallest absolute Gasteiger partial charge is 0.173 e. The second-order valence-corrected chi connectivity index (χ2v) is 6.07. The summed E-state index contributed by atoms with van der Waals surface area (Å²) in [6.45, 7) is 3.34. The minimum absolute atomic E-state index is 0.00356. The van der Waals surface area contributed by atoms with Gasteiger partial charge in [0.15, 0.2) is 5.78 Å². The second-order valence-electron chi connectivity index (χ2n) is 4.59. The highest BCUT2D eigenvalue weighted by Crippen LogP contribution is 2.22. The Kier molecular flexibility index (Phi) is 4.84. The molecule has 2 rings (SSSR count). The normalized spacial score (nSPS) is 10.6. The van der Waals surface area contributed by atoms with Crippen LogP contribution in [0.15, 0.2) is 41.3 Å². The molecular weight excluding hydrogens is 295 g/mol. The molecule has 0 radical (unpaired) electrons. The summed E-state index contributed by atoms with van der Waals surface area (Å²) in [5, 5.41) is 0.672. The molecule has 2 aromatic carbocycles. The number of aryl methyl sites for hydroxylation is 2. The Balaban J connectivity index is 2.07. The lowest BCUT2D eigenvalue weighted by atomic mass is 10.0. The minimum atomic E-state index is -0.244. The van der Waals surface area contributed by atoms with Gasteiger partial charge in [-0.25, -0.2) is 4.39 Å². The van der Waals surface area contributed by atoms with Gasteiger partial charge in [-0.3, -0.25) is 4.79 Å². The lowest BCUT2D eigenvalue weighted by molar-refractivity contribution is 0.102. The van der Waals surface area contributed by atoms with Crippen LogP contribution < -0.4 is 0 Å². The minimum Gasteiger partial charge on any atom is -0.293 e. The van der Waals surface area contributed by atoms with Gasteiger partial charge in [0, 0.05) is 15.5 Å². The summed E-state index contributed by atoms with van der Waals surface area (Å²) < 4.78 is 13.5. The third kappa shape index (κ3) is 3.62. The predicted molar refractivity (Wildman–Crippen MR) is 82.4 cm³/mol. The van der Waals surface area contributed by atoms with E-state index in [1.54, 1.807) is 38.1 Å². The average molecular weight is 309 g/mol. The average Bonchev–Trinajstić information content (AvgIpc) is 2.43. The Hall–Kier alpha value is -1.32. The molecule has 0 aliphatic heterocycles. The summed E-state index contributed by atoms with van der Waals surface area (Å²) in [6, 6.07) is 10.5. The zero-order valence-electron chi connectivity index (χ0n) is 11.2. The molecule has 20 heavy (non-hydrogen) atoms. The number of halogens is 2. The molecule has 0 spiro atoms. The Labute approximate surface area is 127 Å². The van der Waals surface area contributed by atoms with Gasteiger partial charge in [0.2, 0.25) is 0 Å². The molecule has 0 bridgehead atoms. The number of ketones is 1. The second kappa shape index (κ2) is 6.42. The molecule has 0 aliphatic rings. The van der Waals surface area contributed by atoms with E-state index in [2.05, 4.69) is 0 Å². The van der Waals surface area contributed by atoms with E-state index in [1.165, 1.54) is 11.8 Å². The Morgan fingerprint density at radius 2 is 1.70 bits per heavy atom. The highest BCUT2D eigenvalue weighted by molar-refractivity contribution is 8.00. The maximum absolute atomic E-state index is 13.5. The van der Waals surface area contributed by atoms with Gasteiger partial charge < -0.3 is 0 Å². The largest absolute Gasteiger partial charge is 0.293 e. The van der Waals surface area contributed by atoms with Crippen LogP contribution >= 0.6 is 23.4 Å². The molecule has 0 saturated heterocycles. The van der Waals surface area contributed by atoms with Crippen molar-refractivity contribution >= 4 is 29.1 Å². The van der Waals surface area contributed by atoms with Crippen molar-refractivity contribution in [2.24, 2.45) is 0 Å². The van der Waals surface area contributed by atoms with Gasteiger partial charge in [-0.2, -0.15) is 0 Å². The molecular formula is C16H14ClFOS. The van der Waals surface area contributed by atoms with Crippen LogP contribution in [0.3, 0.4) is 0 Å². The van der Waals surface area contributed by atoms with Gasteiger partial charge >= 0.3 is 0 Å². The molecule has 0 atom stereocenters. The quantitative estimate of drug-likeness (QED) is 0.579. The fraction of sp³-hybridized carbons (Fsp3) is 0.188. The standard InChI is InChI=1S/C16H14ClFOS/c1-10-7-12(8-11(2)16(10)18)15(19)9-20-14-5-3-13(17)4-6-14/h3-8H,9H2,1-2H3. The third-order valence-corrected chi connectivity index (χ3v) is 4.21. The zero-order valence-corrected chi connectivity index (χ0v) is 12.8. The van der Waals surface area contributed by atoms with Crippen molar-refractivity contribution in [2.45, 2.75) is 18.7 Å². The Morgan fingerprint density at radius 1 is 1.15 bits per heavy atom. The number of thioether (sulfide) groups is 1. The van der Waals surface area contributed by atoms with E-state index < -0.39 is 0 Å². The number of carbonyl (C=O) groups is 1. The number of carbonyl (C=O) groups excluding carboxylic acids is 1. The lowest BCUT2D eigenvalue weighted by Crippen LogP contribution is -2.04. The number of hydrogen-bond acceptors (Lipinski definition) is 2. The first-order chi connectivity index (χ1) is 9.47. The van der Waals surface area contributed by atoms with E-state index in [4.69, 9.17) is 11.6 Å². The number of rotatable bonds is 4. The molecule has 0 fully saturated rings. The van der Waals surface area contributed by atoms with Gasteiger partial charge in [0.25, 0.3) is 0 Å². The van der Waals surface area contributed by atoms with Crippen LogP contribution in [-0.4, -0.2) is 11.5 Å². The van der Waals surface area contributed by atoms with E-state index in [-0.39, 0.29) is 11.6 Å². The SMILES string of the molecule is Cc1cc(C(=O)CSc2ccc(Cl)cc2)cc(C)c1F. The summed E-state index contributed by atoms with van der Waals surface area (Å²) >= 11 is 7.25. The van der Waals surface area contributed by atoms with Gasteiger partial charge in [-0.15, -0.1) is 11.8 Å². The van der Waals surface area contributed by atoms with Crippen molar-refractivity contribution in [1.29, 1.82) is 0 Å². The van der Waals surface area contributed by atoms with Crippen molar-refractivity contribution in [2.75, 3.05) is 5.75 Å². The first kappa shape index (κ1) is 15.1. The van der Waals surface area contributed by atoms with Gasteiger partial charge in [0.05, 0.1) is 5.75 Å². The molecule has 0 unspecified atom stereocenters. The van der Waals surface area contributed by atoms with Crippen molar-refractivity contribution in [3.05, 3.63) is 63.9 Å². The summed E-state index contributed by atoms with van der Waals surface area (Å²) in [5.74, 6) is 0.0784. The summed E-state index contributed by atoms with van der Waals surface area (Å²) in [6.07, 6.45) is 0. The molecule has 0 amide bonds. The van der Waals surface area contributed by atoms with Crippen LogP contribution in [0.5, 0.6) is 0 Å². The maximum Gasteiger partial charge on any atom is 0.173 e. The Morgan fingerprint density at radius 3 is 2.25 bits per heavy atom. The molecule has 1 nitrogen and oxygen atoms in total. The third-order valence-electron chi connectivity index (χ3n) is 2.94. The fourth-order valence-electron chi connectivity index (χ4n) is 1.87. The fourth-order valence-corrected chi connectivity index (χ4v) is 2.79. The maximum atomic E-state index is 13.5. The highest BCUT2D eigenvalue weighted by Gasteiger charge is 2.11. The van der Waals surface area contributed by atoms with E-state index in [1.807, 2.05) is 12.1 Å². The van der Waals surface area contributed by atoms with E-state index in [0.29, 0.717) is 27.5 Å². The molecule has 2 aromatic rings. The van der Waals surface area contributed by atoms with E-state index in [9.17, 15) is 9.18 Å². The van der Waals surface area contributed by atoms with Crippen molar-refractivity contribution < 1.29 is 9.18 Å². The number of benzene rings is 2. The van der Waals surface area contributed by atoms with Crippen LogP contribution in [0.4, 0.5) is 4.39 Å². The van der Waals surface area contributed by atoms with Gasteiger partial charge in [0.1, 0.15) is 5.82 Å². The monoisotopic (exact) mass is 308 g/mol. The van der Waals surface area contributed by atoms with Crippen molar-refractivity contribution in [3.63, 3.8) is 0 Å². The van der Waals surface area contributed by atoms with Crippen LogP contribution in [0.25, 0.3) is 0 Å². The number of hydrogen-bond donors (Lipinski definition) is 0. The molecule has 0 N–H and O–H groups in total. The molecule has 0 saturated carbocycles. The van der Waals surface area contributed by atoms with Gasteiger partial charge in [-0.1, -0.05) is 11.6 Å². The molecule has 4 heteroatoms. The summed E-state index contributed by atoms with van der Waals surface area (Å²) in [7, 11) is 0. The summed E-state index contributed by atoms with van der Waals surface area (Å²) in [4.78, 5) is 13.1. The molecule has 104 valence electrons. The summed E-state index contributed by atoms with van der Waals surface area (Å²) in [5.41, 5.74) is 1.57. The molecule has 0 aromatic heterocycles. The van der Waals surface area contributed by atoms with Crippen molar-refractivity contribution in [3.8, 4) is 0 Å². The van der Waals surface area contributed by atoms with E-state index in [0.717, 1.165) is 4.90 Å². The van der Waals surface area contributed by atoms with E-state index >= 15 is 0 Å². The molecule has 0 aliphatic carbocycles. The molecule has 0 heterocycles. The van der Waals surface area contributed by atoms with Crippen LogP contribution in [0, 0.1) is 19.7 Å². The van der Waals surface area contributed by atoms with Crippen molar-refractivity contribution in [1.82, 2.24) is 0 Å². The van der Waals surface area contributed by atoms with Crippen LogP contribution in [0.1, 0.15) is 21.5 Å². The first-order valence-electron chi connectivity index (χ1n) is 6.15.